The van der Waals surface area contributed by atoms with Gasteiger partial charge in [-0.25, -0.2) is 4.39 Å². The Morgan fingerprint density at radius 2 is 1.91 bits per heavy atom. The van der Waals surface area contributed by atoms with Crippen molar-refractivity contribution >= 4 is 12.1 Å². The van der Waals surface area contributed by atoms with E-state index in [-0.39, 0.29) is 0 Å². The smallest absolute Gasteiger partial charge is 0.145 e. The summed E-state index contributed by atoms with van der Waals surface area (Å²) < 4.78 is 12.8. The average molecular weight is 150 g/mol. The fraction of sp³-hybridized carbons (Fsp3) is 0. The third kappa shape index (κ3) is 2.00. The topological polar surface area (TPSA) is 17.1 Å². The van der Waals surface area contributed by atoms with Crippen LogP contribution in [0.15, 0.2) is 36.4 Å². The molecule has 11 heavy (non-hydrogen) atoms. The maximum absolute atomic E-state index is 12.8. The SMILES string of the molecule is O=C/C=C(/F)c1ccccc1. The van der Waals surface area contributed by atoms with E-state index in [0.717, 1.165) is 6.08 Å². The molecule has 2 heteroatoms. The van der Waals surface area contributed by atoms with Gasteiger partial charge in [-0.15, -0.1) is 0 Å². The zero-order valence-electron chi connectivity index (χ0n) is 5.83. The van der Waals surface area contributed by atoms with Gasteiger partial charge < -0.3 is 0 Å². The highest BCUT2D eigenvalue weighted by Crippen LogP contribution is 2.13. The van der Waals surface area contributed by atoms with Crippen LogP contribution >= 0.6 is 0 Å². The molecule has 0 aliphatic carbocycles. The minimum atomic E-state index is -0.499. The first kappa shape index (κ1) is 7.66. The Balaban J connectivity index is 2.94. The van der Waals surface area contributed by atoms with E-state index in [1.807, 2.05) is 0 Å². The van der Waals surface area contributed by atoms with E-state index in [1.54, 1.807) is 30.3 Å². The van der Waals surface area contributed by atoms with Crippen molar-refractivity contribution in [1.82, 2.24) is 0 Å². The van der Waals surface area contributed by atoms with Crippen molar-refractivity contribution < 1.29 is 9.18 Å². The third-order valence-corrected chi connectivity index (χ3v) is 1.26. The Hall–Kier alpha value is -1.44. The van der Waals surface area contributed by atoms with Gasteiger partial charge in [-0.3, -0.25) is 4.79 Å². The lowest BCUT2D eigenvalue weighted by Gasteiger charge is -1.92. The summed E-state index contributed by atoms with van der Waals surface area (Å²) in [6.45, 7) is 0. The lowest BCUT2D eigenvalue weighted by molar-refractivity contribution is -0.104. The Morgan fingerprint density at radius 3 is 2.45 bits per heavy atom. The Kier molecular flexibility index (Phi) is 2.55. The van der Waals surface area contributed by atoms with Gasteiger partial charge in [-0.05, 0) is 0 Å². The fourth-order valence-electron chi connectivity index (χ4n) is 0.753. The van der Waals surface area contributed by atoms with E-state index in [1.165, 1.54) is 0 Å². The standard InChI is InChI=1S/C9H7FO/c10-9(6-7-11)8-4-2-1-3-5-8/h1-7H/b9-6+. The van der Waals surface area contributed by atoms with Crippen LogP contribution in [-0.4, -0.2) is 6.29 Å². The molecule has 0 radical (unpaired) electrons. The number of benzene rings is 1. The van der Waals surface area contributed by atoms with Crippen LogP contribution in [0.1, 0.15) is 5.56 Å². The number of carbonyl (C=O) groups excluding carboxylic acids is 1. The summed E-state index contributed by atoms with van der Waals surface area (Å²) in [5.41, 5.74) is 0.430. The number of carbonyl (C=O) groups is 1. The largest absolute Gasteiger partial charge is 0.298 e. The summed E-state index contributed by atoms with van der Waals surface area (Å²) in [5.74, 6) is -0.499. The number of hydrogen-bond donors (Lipinski definition) is 0. The molecular weight excluding hydrogens is 143 g/mol. The molecule has 0 saturated heterocycles. The molecule has 0 aromatic heterocycles. The minimum absolute atomic E-state index is 0.430. The molecule has 1 rings (SSSR count). The van der Waals surface area contributed by atoms with Gasteiger partial charge in [0, 0.05) is 11.6 Å². The lowest BCUT2D eigenvalue weighted by atomic mass is 10.2. The molecule has 0 heterocycles. The summed E-state index contributed by atoms with van der Waals surface area (Å²) >= 11 is 0. The van der Waals surface area contributed by atoms with Crippen LogP contribution in [0.4, 0.5) is 4.39 Å². The van der Waals surface area contributed by atoms with E-state index in [2.05, 4.69) is 0 Å². The maximum Gasteiger partial charge on any atom is 0.145 e. The van der Waals surface area contributed by atoms with Gasteiger partial charge in [0.15, 0.2) is 0 Å². The quantitative estimate of drug-likeness (QED) is 0.466. The molecule has 0 saturated carbocycles. The molecule has 0 unspecified atom stereocenters. The summed E-state index contributed by atoms with van der Waals surface area (Å²) in [5, 5.41) is 0. The van der Waals surface area contributed by atoms with Gasteiger partial charge in [0.25, 0.3) is 0 Å². The minimum Gasteiger partial charge on any atom is -0.298 e. The Bertz CT molecular complexity index is 264. The second-order valence-electron chi connectivity index (χ2n) is 2.02. The molecule has 0 atom stereocenters. The van der Waals surface area contributed by atoms with Crippen LogP contribution < -0.4 is 0 Å². The normalized spacial score (nSPS) is 11.2. The molecular formula is C9H7FO. The van der Waals surface area contributed by atoms with Gasteiger partial charge >= 0.3 is 0 Å². The molecule has 0 N–H and O–H groups in total. The zero-order valence-corrected chi connectivity index (χ0v) is 5.83. The van der Waals surface area contributed by atoms with Crippen LogP contribution in [-0.2, 0) is 4.79 Å². The molecule has 0 fully saturated rings. The van der Waals surface area contributed by atoms with Crippen molar-refractivity contribution in [3.05, 3.63) is 42.0 Å². The highest BCUT2D eigenvalue weighted by atomic mass is 19.1. The van der Waals surface area contributed by atoms with Crippen molar-refractivity contribution in [3.63, 3.8) is 0 Å². The van der Waals surface area contributed by atoms with Gasteiger partial charge in [0.2, 0.25) is 0 Å². The second kappa shape index (κ2) is 3.66. The second-order valence-corrected chi connectivity index (χ2v) is 2.02. The van der Waals surface area contributed by atoms with Crippen LogP contribution in [0.25, 0.3) is 5.83 Å². The van der Waals surface area contributed by atoms with E-state index in [0.29, 0.717) is 11.8 Å². The average Bonchev–Trinajstić information content (AvgIpc) is 2.07. The lowest BCUT2D eigenvalue weighted by Crippen LogP contribution is -1.76. The van der Waals surface area contributed by atoms with E-state index < -0.39 is 5.83 Å². The molecule has 1 aromatic rings. The number of aldehydes is 1. The number of hydrogen-bond acceptors (Lipinski definition) is 1. The van der Waals surface area contributed by atoms with Crippen molar-refractivity contribution in [1.29, 1.82) is 0 Å². The molecule has 1 nitrogen and oxygen atoms in total. The summed E-state index contributed by atoms with van der Waals surface area (Å²) in [4.78, 5) is 9.87. The first-order valence-electron chi connectivity index (χ1n) is 3.21. The predicted octanol–water partition coefficient (Wildman–Crippen LogP) is 2.20. The fourth-order valence-corrected chi connectivity index (χ4v) is 0.753. The van der Waals surface area contributed by atoms with Crippen LogP contribution in [0, 0.1) is 0 Å². The van der Waals surface area contributed by atoms with E-state index in [4.69, 9.17) is 0 Å². The highest BCUT2D eigenvalue weighted by Gasteiger charge is 1.95. The third-order valence-electron chi connectivity index (χ3n) is 1.26. The van der Waals surface area contributed by atoms with Gasteiger partial charge in [-0.1, -0.05) is 30.3 Å². The highest BCUT2D eigenvalue weighted by molar-refractivity contribution is 5.78. The van der Waals surface area contributed by atoms with Crippen molar-refractivity contribution in [3.8, 4) is 0 Å². The number of allylic oxidation sites excluding steroid dienone is 1. The molecule has 1 aromatic carbocycles. The maximum atomic E-state index is 12.8. The predicted molar refractivity (Wildman–Crippen MR) is 41.6 cm³/mol. The van der Waals surface area contributed by atoms with Crippen molar-refractivity contribution in [2.75, 3.05) is 0 Å². The van der Waals surface area contributed by atoms with Crippen molar-refractivity contribution in [2.45, 2.75) is 0 Å². The Labute approximate surface area is 64.2 Å². The zero-order chi connectivity index (χ0) is 8.10. The van der Waals surface area contributed by atoms with Crippen LogP contribution in [0.5, 0.6) is 0 Å². The van der Waals surface area contributed by atoms with Crippen LogP contribution in [0.2, 0.25) is 0 Å². The van der Waals surface area contributed by atoms with Gasteiger partial charge in [-0.2, -0.15) is 0 Å². The van der Waals surface area contributed by atoms with Crippen molar-refractivity contribution in [2.24, 2.45) is 0 Å². The molecule has 56 valence electrons. The van der Waals surface area contributed by atoms with Crippen LogP contribution in [0.3, 0.4) is 0 Å². The molecule has 0 amide bonds. The Morgan fingerprint density at radius 1 is 1.27 bits per heavy atom. The summed E-state index contributed by atoms with van der Waals surface area (Å²) in [6.07, 6.45) is 1.33. The van der Waals surface area contributed by atoms with E-state index >= 15 is 0 Å². The first-order valence-corrected chi connectivity index (χ1v) is 3.21. The number of rotatable bonds is 2. The summed E-state index contributed by atoms with van der Waals surface area (Å²) in [7, 11) is 0. The molecule has 0 bridgehead atoms. The molecule has 0 aliphatic rings. The van der Waals surface area contributed by atoms with Gasteiger partial charge in [0.05, 0.1) is 0 Å². The van der Waals surface area contributed by atoms with Gasteiger partial charge in [0.1, 0.15) is 12.1 Å². The molecule has 0 spiro atoms. The number of halogens is 1. The molecule has 0 aliphatic heterocycles. The summed E-state index contributed by atoms with van der Waals surface area (Å²) in [6, 6.07) is 8.43. The van der Waals surface area contributed by atoms with E-state index in [9.17, 15) is 9.18 Å². The monoisotopic (exact) mass is 150 g/mol. The first-order chi connectivity index (χ1) is 5.34.